The lowest BCUT2D eigenvalue weighted by Gasteiger charge is -2.10. The predicted molar refractivity (Wildman–Crippen MR) is 101 cm³/mol. The molecule has 0 spiro atoms. The van der Waals surface area contributed by atoms with Crippen LogP contribution in [0.15, 0.2) is 58.5 Å². The van der Waals surface area contributed by atoms with E-state index in [0.29, 0.717) is 22.6 Å². The van der Waals surface area contributed by atoms with Crippen LogP contribution in [0, 0.1) is 6.92 Å². The number of aromatic nitrogens is 2. The maximum absolute atomic E-state index is 12.4. The summed E-state index contributed by atoms with van der Waals surface area (Å²) < 4.78 is 1.49. The summed E-state index contributed by atoms with van der Waals surface area (Å²) >= 11 is 1.26. The molecule has 0 atom stereocenters. The van der Waals surface area contributed by atoms with Crippen molar-refractivity contribution in [2.24, 2.45) is 7.05 Å². The molecule has 3 aromatic rings. The van der Waals surface area contributed by atoms with Crippen molar-refractivity contribution < 1.29 is 4.79 Å². The lowest BCUT2D eigenvalue weighted by molar-refractivity contribution is -0.118. The summed E-state index contributed by atoms with van der Waals surface area (Å²) in [7, 11) is 1.68. The Labute approximate surface area is 150 Å². The number of thioether (sulfide) groups is 1. The van der Waals surface area contributed by atoms with Crippen LogP contribution in [0.5, 0.6) is 0 Å². The zero-order valence-corrected chi connectivity index (χ0v) is 15.0. The highest BCUT2D eigenvalue weighted by molar-refractivity contribution is 7.99. The lowest BCUT2D eigenvalue weighted by atomic mass is 10.1. The number of para-hydroxylation sites is 1. The van der Waals surface area contributed by atoms with Crippen molar-refractivity contribution in [1.29, 1.82) is 0 Å². The van der Waals surface area contributed by atoms with Crippen molar-refractivity contribution in [3.05, 3.63) is 70.0 Å². The molecule has 3 rings (SSSR count). The number of amides is 1. The van der Waals surface area contributed by atoms with E-state index in [4.69, 9.17) is 0 Å². The first-order valence-electron chi connectivity index (χ1n) is 7.96. The molecule has 0 saturated carbocycles. The van der Waals surface area contributed by atoms with E-state index in [-0.39, 0.29) is 17.2 Å². The van der Waals surface area contributed by atoms with Gasteiger partial charge >= 0.3 is 0 Å². The summed E-state index contributed by atoms with van der Waals surface area (Å²) in [5.41, 5.74) is 2.79. The van der Waals surface area contributed by atoms with Gasteiger partial charge in [0.15, 0.2) is 5.16 Å². The first kappa shape index (κ1) is 17.2. The van der Waals surface area contributed by atoms with Gasteiger partial charge in [0.1, 0.15) is 0 Å². The van der Waals surface area contributed by atoms with Crippen LogP contribution in [-0.2, 0) is 18.4 Å². The Kier molecular flexibility index (Phi) is 5.19. The first-order chi connectivity index (χ1) is 12.1. The van der Waals surface area contributed by atoms with Crippen molar-refractivity contribution in [1.82, 2.24) is 14.9 Å². The van der Waals surface area contributed by atoms with Crippen molar-refractivity contribution in [3.8, 4) is 0 Å². The molecule has 1 heterocycles. The van der Waals surface area contributed by atoms with Gasteiger partial charge in [0.25, 0.3) is 5.56 Å². The largest absolute Gasteiger partial charge is 0.351 e. The number of rotatable bonds is 5. The quantitative estimate of drug-likeness (QED) is 0.566. The van der Waals surface area contributed by atoms with E-state index in [2.05, 4.69) is 10.3 Å². The predicted octanol–water partition coefficient (Wildman–Crippen LogP) is 2.65. The zero-order valence-electron chi connectivity index (χ0n) is 14.2. The van der Waals surface area contributed by atoms with Crippen LogP contribution in [0.3, 0.4) is 0 Å². The van der Waals surface area contributed by atoms with Gasteiger partial charge in [0.2, 0.25) is 5.91 Å². The fraction of sp³-hybridized carbons (Fsp3) is 0.211. The van der Waals surface area contributed by atoms with Crippen LogP contribution >= 0.6 is 11.8 Å². The van der Waals surface area contributed by atoms with E-state index in [1.54, 1.807) is 19.2 Å². The van der Waals surface area contributed by atoms with Crippen molar-refractivity contribution in [3.63, 3.8) is 0 Å². The van der Waals surface area contributed by atoms with Gasteiger partial charge in [-0.1, -0.05) is 48.2 Å². The second-order valence-electron chi connectivity index (χ2n) is 5.77. The summed E-state index contributed by atoms with van der Waals surface area (Å²) in [6, 6.07) is 15.2. The molecule has 25 heavy (non-hydrogen) atoms. The maximum Gasteiger partial charge on any atom is 0.261 e. The summed E-state index contributed by atoms with van der Waals surface area (Å²) in [6.07, 6.45) is 0. The highest BCUT2D eigenvalue weighted by Crippen LogP contribution is 2.16. The standard InChI is InChI=1S/C19H19N3O2S/c1-13-7-3-4-8-14(13)11-20-17(23)12-25-19-21-16-10-6-5-9-15(16)18(24)22(19)2/h3-10H,11-12H2,1-2H3,(H,20,23). The SMILES string of the molecule is Cc1ccccc1CNC(=O)CSc1nc2ccccc2c(=O)n1C. The molecule has 0 bridgehead atoms. The Bertz CT molecular complexity index is 982. The highest BCUT2D eigenvalue weighted by Gasteiger charge is 2.10. The molecule has 128 valence electrons. The van der Waals surface area contributed by atoms with E-state index in [0.717, 1.165) is 11.1 Å². The maximum atomic E-state index is 12.4. The molecule has 0 unspecified atom stereocenters. The van der Waals surface area contributed by atoms with Gasteiger partial charge in [-0.3, -0.25) is 14.2 Å². The topological polar surface area (TPSA) is 64.0 Å². The fourth-order valence-corrected chi connectivity index (χ4v) is 3.31. The van der Waals surface area contributed by atoms with Crippen molar-refractivity contribution in [2.45, 2.75) is 18.6 Å². The molecule has 0 aliphatic heterocycles. The fourth-order valence-electron chi connectivity index (χ4n) is 2.51. The lowest BCUT2D eigenvalue weighted by Crippen LogP contribution is -2.26. The summed E-state index contributed by atoms with van der Waals surface area (Å²) in [5.74, 6) is 0.125. The number of carbonyl (C=O) groups is 1. The number of nitrogens with one attached hydrogen (secondary N) is 1. The number of benzene rings is 2. The molecule has 0 aliphatic carbocycles. The minimum absolute atomic E-state index is 0.0874. The summed E-state index contributed by atoms with van der Waals surface area (Å²) in [6.45, 7) is 2.52. The van der Waals surface area contributed by atoms with Crippen molar-refractivity contribution in [2.75, 3.05) is 5.75 Å². The molecule has 6 heteroatoms. The molecule has 2 aromatic carbocycles. The molecule has 1 amide bonds. The van der Waals surface area contributed by atoms with Gasteiger partial charge in [0, 0.05) is 13.6 Å². The highest BCUT2D eigenvalue weighted by atomic mass is 32.2. The third-order valence-corrected chi connectivity index (χ3v) is 5.04. The third kappa shape index (κ3) is 3.91. The first-order valence-corrected chi connectivity index (χ1v) is 8.94. The minimum Gasteiger partial charge on any atom is -0.351 e. The van der Waals surface area contributed by atoms with E-state index in [1.807, 2.05) is 43.3 Å². The number of hydrogen-bond acceptors (Lipinski definition) is 4. The van der Waals surface area contributed by atoms with E-state index in [9.17, 15) is 9.59 Å². The van der Waals surface area contributed by atoms with Gasteiger partial charge in [-0.2, -0.15) is 0 Å². The van der Waals surface area contributed by atoms with Crippen LogP contribution in [-0.4, -0.2) is 21.2 Å². The summed E-state index contributed by atoms with van der Waals surface area (Å²) in [5, 5.41) is 4.02. The molecule has 0 aliphatic rings. The van der Waals surface area contributed by atoms with E-state index < -0.39 is 0 Å². The normalized spacial score (nSPS) is 10.8. The second kappa shape index (κ2) is 7.53. The molecule has 1 N–H and O–H groups in total. The number of aryl methyl sites for hydroxylation is 1. The van der Waals surface area contributed by atoms with Gasteiger partial charge in [-0.15, -0.1) is 0 Å². The average molecular weight is 353 g/mol. The Morgan fingerprint density at radius 3 is 2.68 bits per heavy atom. The van der Waals surface area contributed by atoms with Gasteiger partial charge < -0.3 is 5.32 Å². The van der Waals surface area contributed by atoms with Crippen LogP contribution in [0.2, 0.25) is 0 Å². The molecule has 1 aromatic heterocycles. The molecular formula is C19H19N3O2S. The Morgan fingerprint density at radius 1 is 1.16 bits per heavy atom. The summed E-state index contributed by atoms with van der Waals surface area (Å²) in [4.78, 5) is 29.0. The third-order valence-electron chi connectivity index (χ3n) is 4.01. The van der Waals surface area contributed by atoms with Gasteiger partial charge in [-0.25, -0.2) is 4.98 Å². The molecule has 0 radical (unpaired) electrons. The van der Waals surface area contributed by atoms with Crippen LogP contribution in [0.25, 0.3) is 10.9 Å². The van der Waals surface area contributed by atoms with E-state index in [1.165, 1.54) is 16.3 Å². The minimum atomic E-state index is -0.103. The second-order valence-corrected chi connectivity index (χ2v) is 6.71. The smallest absolute Gasteiger partial charge is 0.261 e. The van der Waals surface area contributed by atoms with Crippen LogP contribution in [0.4, 0.5) is 0 Å². The van der Waals surface area contributed by atoms with Gasteiger partial charge in [-0.05, 0) is 30.2 Å². The van der Waals surface area contributed by atoms with Crippen LogP contribution in [0.1, 0.15) is 11.1 Å². The Hall–Kier alpha value is -2.60. The van der Waals surface area contributed by atoms with Crippen LogP contribution < -0.4 is 10.9 Å². The Morgan fingerprint density at radius 2 is 1.88 bits per heavy atom. The number of fused-ring (bicyclic) bond motifs is 1. The average Bonchev–Trinajstić information content (AvgIpc) is 2.63. The molecule has 0 fully saturated rings. The molecule has 0 saturated heterocycles. The number of nitrogens with zero attached hydrogens (tertiary/aromatic N) is 2. The van der Waals surface area contributed by atoms with Gasteiger partial charge in [0.05, 0.1) is 16.7 Å². The zero-order chi connectivity index (χ0) is 17.8. The van der Waals surface area contributed by atoms with Crippen molar-refractivity contribution >= 4 is 28.6 Å². The monoisotopic (exact) mass is 353 g/mol. The number of hydrogen-bond donors (Lipinski definition) is 1. The molecule has 5 nitrogen and oxygen atoms in total. The molecular weight excluding hydrogens is 334 g/mol. The number of carbonyl (C=O) groups excluding carboxylic acids is 1. The Balaban J connectivity index is 1.66. The van der Waals surface area contributed by atoms with E-state index >= 15 is 0 Å².